The third-order valence-corrected chi connectivity index (χ3v) is 4.79. The molecule has 0 atom stereocenters. The van der Waals surface area contributed by atoms with Crippen LogP contribution in [0.3, 0.4) is 0 Å². The van der Waals surface area contributed by atoms with Crippen molar-refractivity contribution in [2.75, 3.05) is 0 Å². The molecule has 1 aromatic heterocycles. The third kappa shape index (κ3) is 3.22. The maximum atomic E-state index is 5.68. The Kier molecular flexibility index (Phi) is 4.63. The van der Waals surface area contributed by atoms with Crippen LogP contribution in [0.2, 0.25) is 0 Å². The van der Waals surface area contributed by atoms with E-state index >= 15 is 0 Å². The molecular formula is C19H21N3S. The Morgan fingerprint density at radius 1 is 0.957 bits per heavy atom. The van der Waals surface area contributed by atoms with Crippen molar-refractivity contribution < 1.29 is 0 Å². The largest absolute Gasteiger partial charge is 0.320 e. The number of nitrogens with zero attached hydrogens (tertiary/aromatic N) is 2. The molecule has 4 heteroatoms. The first kappa shape index (κ1) is 15.6. The normalized spacial score (nSPS) is 12.0. The van der Waals surface area contributed by atoms with Crippen molar-refractivity contribution in [1.29, 1.82) is 0 Å². The summed E-state index contributed by atoms with van der Waals surface area (Å²) in [4.78, 5) is 2.07. The van der Waals surface area contributed by atoms with E-state index in [1.54, 1.807) is 11.3 Å². The molecule has 0 aliphatic rings. The van der Waals surface area contributed by atoms with Gasteiger partial charge in [0.25, 0.3) is 0 Å². The second kappa shape index (κ2) is 6.84. The Labute approximate surface area is 140 Å². The van der Waals surface area contributed by atoms with E-state index in [0.717, 1.165) is 11.3 Å². The minimum Gasteiger partial charge on any atom is -0.320 e. The first-order chi connectivity index (χ1) is 11.2. The molecule has 23 heavy (non-hydrogen) atoms. The fourth-order valence-electron chi connectivity index (χ4n) is 2.71. The zero-order chi connectivity index (χ0) is 16.2. The highest BCUT2D eigenvalue weighted by atomic mass is 32.1. The number of hydrogen-bond acceptors (Lipinski definition) is 3. The van der Waals surface area contributed by atoms with Crippen molar-refractivity contribution in [2.24, 2.45) is 16.9 Å². The molecule has 2 N–H and O–H groups in total. The second-order valence-corrected chi connectivity index (χ2v) is 6.91. The topological polar surface area (TPSA) is 43.3 Å². The lowest BCUT2D eigenvalue weighted by Gasteiger charge is -2.13. The van der Waals surface area contributed by atoms with Gasteiger partial charge in [0, 0.05) is 6.54 Å². The molecule has 0 aliphatic heterocycles. The van der Waals surface area contributed by atoms with E-state index in [0.29, 0.717) is 5.92 Å². The van der Waals surface area contributed by atoms with Crippen molar-refractivity contribution in [2.45, 2.75) is 20.4 Å². The third-order valence-electron chi connectivity index (χ3n) is 3.65. The SMILES string of the molecule is CC(C)Cn1c(-c2ccccc2)c(-c2ccccc2)sc1=NN. The lowest BCUT2D eigenvalue weighted by Crippen LogP contribution is -2.20. The van der Waals surface area contributed by atoms with Gasteiger partial charge in [-0.05, 0) is 17.0 Å². The van der Waals surface area contributed by atoms with Gasteiger partial charge in [-0.15, -0.1) is 0 Å². The Morgan fingerprint density at radius 3 is 2.04 bits per heavy atom. The van der Waals surface area contributed by atoms with E-state index in [4.69, 9.17) is 5.84 Å². The van der Waals surface area contributed by atoms with E-state index in [-0.39, 0.29) is 0 Å². The average Bonchev–Trinajstić information content (AvgIpc) is 2.94. The Morgan fingerprint density at radius 2 is 1.52 bits per heavy atom. The van der Waals surface area contributed by atoms with Crippen LogP contribution < -0.4 is 10.6 Å². The number of nitrogens with two attached hydrogens (primary N) is 1. The summed E-state index contributed by atoms with van der Waals surface area (Å²) in [6, 6.07) is 20.9. The lowest BCUT2D eigenvalue weighted by atomic mass is 10.1. The van der Waals surface area contributed by atoms with Crippen LogP contribution in [0.4, 0.5) is 0 Å². The van der Waals surface area contributed by atoms with E-state index in [1.807, 2.05) is 12.1 Å². The number of thiazole rings is 1. The van der Waals surface area contributed by atoms with E-state index in [2.05, 4.69) is 72.0 Å². The highest BCUT2D eigenvalue weighted by Crippen LogP contribution is 2.34. The molecule has 3 rings (SSSR count). The van der Waals surface area contributed by atoms with Gasteiger partial charge in [0.2, 0.25) is 4.80 Å². The highest BCUT2D eigenvalue weighted by molar-refractivity contribution is 7.13. The van der Waals surface area contributed by atoms with E-state index < -0.39 is 0 Å². The molecule has 3 aromatic rings. The van der Waals surface area contributed by atoms with Crippen LogP contribution in [0.5, 0.6) is 0 Å². The summed E-state index contributed by atoms with van der Waals surface area (Å²) in [5.74, 6) is 6.19. The Hall–Kier alpha value is -2.33. The minimum absolute atomic E-state index is 0.515. The van der Waals surface area contributed by atoms with E-state index in [9.17, 15) is 0 Å². The fraction of sp³-hybridized carbons (Fsp3) is 0.211. The molecule has 0 saturated heterocycles. The van der Waals surface area contributed by atoms with Gasteiger partial charge in [0.1, 0.15) is 0 Å². The smallest absolute Gasteiger partial charge is 0.208 e. The molecule has 0 saturated carbocycles. The summed E-state index contributed by atoms with van der Waals surface area (Å²) in [5, 5.41) is 4.04. The van der Waals surface area contributed by atoms with Crippen molar-refractivity contribution in [3.8, 4) is 21.7 Å². The van der Waals surface area contributed by atoms with Crippen LogP contribution in [0, 0.1) is 5.92 Å². The molecule has 118 valence electrons. The fourth-order valence-corrected chi connectivity index (χ4v) is 3.80. The van der Waals surface area contributed by atoms with Gasteiger partial charge in [-0.3, -0.25) is 0 Å². The molecule has 0 radical (unpaired) electrons. The maximum absolute atomic E-state index is 5.68. The highest BCUT2D eigenvalue weighted by Gasteiger charge is 2.17. The number of hydrogen-bond donors (Lipinski definition) is 1. The second-order valence-electron chi connectivity index (χ2n) is 5.93. The van der Waals surface area contributed by atoms with Crippen molar-refractivity contribution in [1.82, 2.24) is 4.57 Å². The van der Waals surface area contributed by atoms with Gasteiger partial charge in [0.05, 0.1) is 10.6 Å². The van der Waals surface area contributed by atoms with Crippen LogP contribution in [0.1, 0.15) is 13.8 Å². The first-order valence-corrected chi connectivity index (χ1v) is 8.60. The first-order valence-electron chi connectivity index (χ1n) is 7.79. The monoisotopic (exact) mass is 323 g/mol. The van der Waals surface area contributed by atoms with Gasteiger partial charge in [0.15, 0.2) is 0 Å². The van der Waals surface area contributed by atoms with Crippen LogP contribution in [0.15, 0.2) is 65.8 Å². The number of benzene rings is 2. The van der Waals surface area contributed by atoms with Crippen LogP contribution in [-0.2, 0) is 6.54 Å². The molecule has 0 bridgehead atoms. The maximum Gasteiger partial charge on any atom is 0.208 e. The molecule has 0 unspecified atom stereocenters. The Bertz CT molecular complexity index is 830. The predicted molar refractivity (Wildman–Crippen MR) is 97.8 cm³/mol. The van der Waals surface area contributed by atoms with Crippen LogP contribution in [-0.4, -0.2) is 4.57 Å². The standard InChI is InChI=1S/C19H21N3S/c1-14(2)13-22-17(15-9-5-3-6-10-15)18(23-19(22)21-20)16-11-7-4-8-12-16/h3-12,14H,13,20H2,1-2H3. The molecule has 3 nitrogen and oxygen atoms in total. The van der Waals surface area contributed by atoms with Gasteiger partial charge in [-0.2, -0.15) is 5.10 Å². The van der Waals surface area contributed by atoms with Gasteiger partial charge < -0.3 is 10.4 Å². The predicted octanol–water partition coefficient (Wildman–Crippen LogP) is 4.31. The molecule has 0 fully saturated rings. The molecule has 1 heterocycles. The van der Waals surface area contributed by atoms with E-state index in [1.165, 1.54) is 21.7 Å². The molecule has 0 spiro atoms. The number of aromatic nitrogens is 1. The summed E-state index contributed by atoms with van der Waals surface area (Å²) in [5.41, 5.74) is 3.58. The number of rotatable bonds is 4. The van der Waals surface area contributed by atoms with Crippen molar-refractivity contribution in [3.05, 3.63) is 65.5 Å². The zero-order valence-electron chi connectivity index (χ0n) is 13.4. The summed E-state index contributed by atoms with van der Waals surface area (Å²) in [6.45, 7) is 5.31. The minimum atomic E-state index is 0.515. The zero-order valence-corrected chi connectivity index (χ0v) is 14.3. The molecule has 2 aromatic carbocycles. The summed E-state index contributed by atoms with van der Waals surface area (Å²) < 4.78 is 2.24. The quantitative estimate of drug-likeness (QED) is 0.564. The van der Waals surface area contributed by atoms with Gasteiger partial charge in [-0.1, -0.05) is 85.8 Å². The summed E-state index contributed by atoms with van der Waals surface area (Å²) in [6.07, 6.45) is 0. The lowest BCUT2D eigenvalue weighted by molar-refractivity contribution is 0.517. The average molecular weight is 323 g/mol. The van der Waals surface area contributed by atoms with Gasteiger partial charge >= 0.3 is 0 Å². The molecule has 0 aliphatic carbocycles. The van der Waals surface area contributed by atoms with Crippen LogP contribution >= 0.6 is 11.3 Å². The summed E-state index contributed by atoms with van der Waals surface area (Å²) >= 11 is 1.65. The van der Waals surface area contributed by atoms with Gasteiger partial charge in [-0.25, -0.2) is 0 Å². The molecule has 0 amide bonds. The van der Waals surface area contributed by atoms with Crippen molar-refractivity contribution in [3.63, 3.8) is 0 Å². The summed E-state index contributed by atoms with van der Waals surface area (Å²) in [7, 11) is 0. The Balaban J connectivity index is 2.30. The van der Waals surface area contributed by atoms with Crippen LogP contribution in [0.25, 0.3) is 21.7 Å². The molecular weight excluding hydrogens is 302 g/mol. The van der Waals surface area contributed by atoms with Crippen molar-refractivity contribution >= 4 is 11.3 Å².